The molecule has 1 aromatic heterocycles. The number of amides is 1. The van der Waals surface area contributed by atoms with Gasteiger partial charge in [-0.1, -0.05) is 31.5 Å². The van der Waals surface area contributed by atoms with Crippen molar-refractivity contribution < 1.29 is 14.7 Å². The smallest absolute Gasteiger partial charge is 0.307 e. The summed E-state index contributed by atoms with van der Waals surface area (Å²) in [5.74, 6) is -2.49. The number of aromatic nitrogens is 1. The molecule has 0 fully saturated rings. The summed E-state index contributed by atoms with van der Waals surface area (Å²) in [5.41, 5.74) is 0. The number of nitrogens with one attached hydrogen (secondary N) is 1. The van der Waals surface area contributed by atoms with Gasteiger partial charge >= 0.3 is 5.97 Å². The highest BCUT2D eigenvalue weighted by molar-refractivity contribution is 6.29. The Morgan fingerprint density at radius 2 is 2.00 bits per heavy atom. The maximum absolute atomic E-state index is 11.7. The van der Waals surface area contributed by atoms with Gasteiger partial charge in [0.25, 0.3) is 0 Å². The molecule has 0 aliphatic carbocycles. The average molecular weight is 257 g/mol. The number of aliphatic carboxylic acids is 1. The van der Waals surface area contributed by atoms with Gasteiger partial charge in [-0.05, 0) is 12.1 Å². The van der Waals surface area contributed by atoms with Crippen LogP contribution in [0.15, 0.2) is 18.2 Å². The van der Waals surface area contributed by atoms with Crippen molar-refractivity contribution in [3.8, 4) is 0 Å². The monoisotopic (exact) mass is 256 g/mol. The number of carbonyl (C=O) groups is 2. The SMILES string of the molecule is CC(C(=O)O)C(C)C(=O)Nc1cccc(Cl)n1. The fourth-order valence-corrected chi connectivity index (χ4v) is 1.32. The van der Waals surface area contributed by atoms with Gasteiger partial charge in [-0.3, -0.25) is 9.59 Å². The van der Waals surface area contributed by atoms with Gasteiger partial charge in [0, 0.05) is 5.92 Å². The first-order chi connectivity index (χ1) is 7.91. The van der Waals surface area contributed by atoms with Crippen molar-refractivity contribution in [3.63, 3.8) is 0 Å². The number of halogens is 1. The third-order valence-corrected chi connectivity index (χ3v) is 2.73. The van der Waals surface area contributed by atoms with Crippen LogP contribution in [-0.4, -0.2) is 22.0 Å². The Hall–Kier alpha value is -1.62. The summed E-state index contributed by atoms with van der Waals surface area (Å²) < 4.78 is 0. The minimum atomic E-state index is -1.01. The number of nitrogens with zero attached hydrogens (tertiary/aromatic N) is 1. The standard InChI is InChI=1S/C11H13ClN2O3/c1-6(7(2)11(16)17)10(15)14-9-5-3-4-8(12)13-9/h3-7H,1-2H3,(H,16,17)(H,13,14,15). The maximum Gasteiger partial charge on any atom is 0.307 e. The average Bonchev–Trinajstić information content (AvgIpc) is 2.26. The lowest BCUT2D eigenvalue weighted by Crippen LogP contribution is -2.30. The van der Waals surface area contributed by atoms with E-state index in [-0.39, 0.29) is 5.15 Å². The van der Waals surface area contributed by atoms with Crippen LogP contribution in [0.5, 0.6) is 0 Å². The molecule has 2 atom stereocenters. The molecule has 1 amide bonds. The van der Waals surface area contributed by atoms with E-state index in [1.807, 2.05) is 0 Å². The Balaban J connectivity index is 2.69. The lowest BCUT2D eigenvalue weighted by molar-refractivity contribution is -0.145. The molecular weight excluding hydrogens is 244 g/mol. The summed E-state index contributed by atoms with van der Waals surface area (Å²) in [6.45, 7) is 3.04. The van der Waals surface area contributed by atoms with Gasteiger partial charge in [0.15, 0.2) is 0 Å². The molecule has 0 saturated carbocycles. The van der Waals surface area contributed by atoms with Crippen molar-refractivity contribution in [2.45, 2.75) is 13.8 Å². The van der Waals surface area contributed by atoms with Gasteiger partial charge in [0.2, 0.25) is 5.91 Å². The summed E-state index contributed by atoms with van der Waals surface area (Å²) in [5, 5.41) is 11.6. The molecule has 1 aromatic rings. The zero-order valence-electron chi connectivity index (χ0n) is 9.48. The minimum Gasteiger partial charge on any atom is -0.481 e. The van der Waals surface area contributed by atoms with E-state index in [1.165, 1.54) is 6.92 Å². The number of hydrogen-bond acceptors (Lipinski definition) is 3. The predicted molar refractivity (Wildman–Crippen MR) is 63.8 cm³/mol. The van der Waals surface area contributed by atoms with E-state index in [1.54, 1.807) is 25.1 Å². The molecule has 2 N–H and O–H groups in total. The van der Waals surface area contributed by atoms with E-state index in [4.69, 9.17) is 16.7 Å². The highest BCUT2D eigenvalue weighted by Crippen LogP contribution is 2.15. The molecule has 6 heteroatoms. The predicted octanol–water partition coefficient (Wildman–Crippen LogP) is 2.03. The van der Waals surface area contributed by atoms with Gasteiger partial charge in [-0.15, -0.1) is 0 Å². The fourth-order valence-electron chi connectivity index (χ4n) is 1.16. The summed E-state index contributed by atoms with van der Waals surface area (Å²) in [4.78, 5) is 26.3. The van der Waals surface area contributed by atoms with E-state index in [0.29, 0.717) is 5.82 Å². The third kappa shape index (κ3) is 3.71. The van der Waals surface area contributed by atoms with Crippen molar-refractivity contribution in [2.24, 2.45) is 11.8 Å². The van der Waals surface area contributed by atoms with Crippen LogP contribution in [0.4, 0.5) is 5.82 Å². The Labute approximate surface area is 104 Å². The van der Waals surface area contributed by atoms with Crippen molar-refractivity contribution >= 4 is 29.3 Å². The molecule has 0 spiro atoms. The van der Waals surface area contributed by atoms with Crippen molar-refractivity contribution in [3.05, 3.63) is 23.4 Å². The summed E-state index contributed by atoms with van der Waals surface area (Å²) in [6, 6.07) is 4.82. The second-order valence-corrected chi connectivity index (χ2v) is 4.14. The Bertz CT molecular complexity index is 436. The Morgan fingerprint density at radius 1 is 1.35 bits per heavy atom. The van der Waals surface area contributed by atoms with E-state index in [9.17, 15) is 9.59 Å². The summed E-state index contributed by atoms with van der Waals surface area (Å²) in [7, 11) is 0. The molecule has 17 heavy (non-hydrogen) atoms. The van der Waals surface area contributed by atoms with E-state index in [0.717, 1.165) is 0 Å². The van der Waals surface area contributed by atoms with Gasteiger partial charge in [0.05, 0.1) is 5.92 Å². The topological polar surface area (TPSA) is 79.3 Å². The van der Waals surface area contributed by atoms with Crippen LogP contribution >= 0.6 is 11.6 Å². The van der Waals surface area contributed by atoms with Crippen molar-refractivity contribution in [1.29, 1.82) is 0 Å². The number of carboxylic acid groups (broad SMARTS) is 1. The molecule has 92 valence electrons. The molecule has 0 radical (unpaired) electrons. The molecule has 0 aromatic carbocycles. The first-order valence-electron chi connectivity index (χ1n) is 5.08. The number of carboxylic acids is 1. The number of rotatable bonds is 4. The zero-order chi connectivity index (χ0) is 13.0. The van der Waals surface area contributed by atoms with Crippen LogP contribution in [0.3, 0.4) is 0 Å². The number of pyridine rings is 1. The minimum absolute atomic E-state index is 0.265. The molecule has 2 unspecified atom stereocenters. The zero-order valence-corrected chi connectivity index (χ0v) is 10.2. The first kappa shape index (κ1) is 13.4. The molecule has 5 nitrogen and oxygen atoms in total. The van der Waals surface area contributed by atoms with Crippen LogP contribution < -0.4 is 5.32 Å². The van der Waals surface area contributed by atoms with Crippen molar-refractivity contribution in [2.75, 3.05) is 5.32 Å². The maximum atomic E-state index is 11.7. The molecular formula is C11H13ClN2O3. The van der Waals surface area contributed by atoms with Gasteiger partial charge in [-0.25, -0.2) is 4.98 Å². The van der Waals surface area contributed by atoms with E-state index < -0.39 is 23.7 Å². The van der Waals surface area contributed by atoms with E-state index in [2.05, 4.69) is 10.3 Å². The lowest BCUT2D eigenvalue weighted by atomic mass is 9.95. The number of carbonyl (C=O) groups excluding carboxylic acids is 1. The largest absolute Gasteiger partial charge is 0.481 e. The summed E-state index contributed by atoms with van der Waals surface area (Å²) >= 11 is 5.66. The van der Waals surface area contributed by atoms with Gasteiger partial charge in [-0.2, -0.15) is 0 Å². The number of hydrogen-bond donors (Lipinski definition) is 2. The van der Waals surface area contributed by atoms with Crippen LogP contribution in [0, 0.1) is 11.8 Å². The first-order valence-corrected chi connectivity index (χ1v) is 5.46. The molecule has 1 heterocycles. The normalized spacial score (nSPS) is 13.8. The second-order valence-electron chi connectivity index (χ2n) is 3.75. The highest BCUT2D eigenvalue weighted by Gasteiger charge is 2.25. The fraction of sp³-hybridized carbons (Fsp3) is 0.364. The van der Waals surface area contributed by atoms with Crippen LogP contribution in [0.1, 0.15) is 13.8 Å². The van der Waals surface area contributed by atoms with Crippen molar-refractivity contribution in [1.82, 2.24) is 4.98 Å². The quantitative estimate of drug-likeness (QED) is 0.808. The Morgan fingerprint density at radius 3 is 2.53 bits per heavy atom. The Kier molecular flexibility index (Phi) is 4.45. The van der Waals surface area contributed by atoms with Crippen LogP contribution in [-0.2, 0) is 9.59 Å². The molecule has 0 aliphatic rings. The van der Waals surface area contributed by atoms with Gasteiger partial charge < -0.3 is 10.4 Å². The summed E-state index contributed by atoms with van der Waals surface area (Å²) in [6.07, 6.45) is 0. The second kappa shape index (κ2) is 5.63. The molecule has 0 aliphatic heterocycles. The lowest BCUT2D eigenvalue weighted by Gasteiger charge is -2.15. The van der Waals surface area contributed by atoms with Gasteiger partial charge in [0.1, 0.15) is 11.0 Å². The van der Waals surface area contributed by atoms with Crippen LogP contribution in [0.2, 0.25) is 5.15 Å². The molecule has 0 saturated heterocycles. The van der Waals surface area contributed by atoms with Crippen LogP contribution in [0.25, 0.3) is 0 Å². The highest BCUT2D eigenvalue weighted by atomic mass is 35.5. The third-order valence-electron chi connectivity index (χ3n) is 2.52. The molecule has 0 bridgehead atoms. The molecule has 1 rings (SSSR count). The van der Waals surface area contributed by atoms with E-state index >= 15 is 0 Å². The number of anilines is 1.